The maximum Gasteiger partial charge on any atom is 0.256 e. The molecule has 8 heteroatoms. The first kappa shape index (κ1) is 20.8. The number of primary amides is 1. The van der Waals surface area contributed by atoms with E-state index in [-0.39, 0.29) is 11.8 Å². The number of benzene rings is 1. The van der Waals surface area contributed by atoms with Crippen LogP contribution in [0.5, 0.6) is 0 Å². The lowest BCUT2D eigenvalue weighted by Crippen LogP contribution is -2.22. The van der Waals surface area contributed by atoms with Gasteiger partial charge in [-0.1, -0.05) is 13.8 Å². The molecule has 1 aliphatic rings. The van der Waals surface area contributed by atoms with E-state index >= 15 is 0 Å². The summed E-state index contributed by atoms with van der Waals surface area (Å²) in [7, 11) is 1.83. The minimum atomic E-state index is -0.528. The number of nitrogens with zero attached hydrogens (tertiary/aromatic N) is 4. The summed E-state index contributed by atoms with van der Waals surface area (Å²) in [5, 5.41) is 8.24. The number of carbonyl (C=O) groups is 2. The van der Waals surface area contributed by atoms with Crippen LogP contribution in [0, 0.1) is 6.92 Å². The molecular weight excluding hydrogens is 392 g/mol. The maximum atomic E-state index is 13.5. The average molecular weight is 421 g/mol. The Kier molecular flexibility index (Phi) is 5.39. The Labute approximate surface area is 181 Å². The zero-order valence-electron chi connectivity index (χ0n) is 18.4. The van der Waals surface area contributed by atoms with Gasteiger partial charge < -0.3 is 16.0 Å². The zero-order chi connectivity index (χ0) is 22.3. The van der Waals surface area contributed by atoms with Gasteiger partial charge in [0.1, 0.15) is 0 Å². The quantitative estimate of drug-likeness (QED) is 0.658. The molecule has 3 N–H and O–H groups in total. The van der Waals surface area contributed by atoms with E-state index in [4.69, 9.17) is 10.7 Å². The standard InChI is InChI=1S/C23H28N6O2/c1-13(2)17-12-16(20-14(3)27-28(4)22(20)25-17)23(31)26-18-11-15(21(24)30)7-8-19(18)29-9-5-6-10-29/h7-8,11-13H,5-6,9-10H2,1-4H3,(H2,24,30)(H,26,31). The van der Waals surface area contributed by atoms with Crippen LogP contribution in [0.2, 0.25) is 0 Å². The molecule has 0 spiro atoms. The molecule has 8 nitrogen and oxygen atoms in total. The van der Waals surface area contributed by atoms with Crippen LogP contribution in [0.3, 0.4) is 0 Å². The number of fused-ring (bicyclic) bond motifs is 1. The molecule has 1 saturated heterocycles. The summed E-state index contributed by atoms with van der Waals surface area (Å²) in [5.74, 6) is -0.628. The number of pyridine rings is 1. The third kappa shape index (κ3) is 3.85. The number of anilines is 2. The fourth-order valence-corrected chi connectivity index (χ4v) is 4.15. The van der Waals surface area contributed by atoms with Crippen LogP contribution in [-0.2, 0) is 7.05 Å². The average Bonchev–Trinajstić information content (AvgIpc) is 3.35. The summed E-state index contributed by atoms with van der Waals surface area (Å²) >= 11 is 0. The van der Waals surface area contributed by atoms with Gasteiger partial charge in [0, 0.05) is 31.4 Å². The molecule has 162 valence electrons. The molecule has 3 heterocycles. The van der Waals surface area contributed by atoms with Gasteiger partial charge in [-0.15, -0.1) is 0 Å². The maximum absolute atomic E-state index is 13.5. The van der Waals surface area contributed by atoms with Crippen molar-refractivity contribution in [1.82, 2.24) is 14.8 Å². The Morgan fingerprint density at radius 3 is 2.52 bits per heavy atom. The third-order valence-electron chi connectivity index (χ3n) is 5.80. The predicted octanol–water partition coefficient (Wildman–Crippen LogP) is 3.35. The summed E-state index contributed by atoms with van der Waals surface area (Å²) in [5.41, 5.74) is 10.1. The van der Waals surface area contributed by atoms with Crippen molar-refractivity contribution in [3.8, 4) is 0 Å². The minimum absolute atomic E-state index is 0.157. The first-order chi connectivity index (χ1) is 14.8. The molecule has 3 aromatic rings. The van der Waals surface area contributed by atoms with Gasteiger partial charge in [-0.2, -0.15) is 5.10 Å². The number of aryl methyl sites for hydroxylation is 2. The summed E-state index contributed by atoms with van der Waals surface area (Å²) in [6.07, 6.45) is 2.20. The van der Waals surface area contributed by atoms with Crippen LogP contribution in [0.4, 0.5) is 11.4 Å². The number of hydrogen-bond donors (Lipinski definition) is 2. The van der Waals surface area contributed by atoms with Gasteiger partial charge in [-0.3, -0.25) is 14.3 Å². The van der Waals surface area contributed by atoms with Crippen molar-refractivity contribution < 1.29 is 9.59 Å². The second-order valence-electron chi connectivity index (χ2n) is 8.40. The molecule has 0 radical (unpaired) electrons. The third-order valence-corrected chi connectivity index (χ3v) is 5.80. The van der Waals surface area contributed by atoms with E-state index in [9.17, 15) is 9.59 Å². The second kappa shape index (κ2) is 8.02. The van der Waals surface area contributed by atoms with E-state index in [0.717, 1.165) is 48.4 Å². The SMILES string of the molecule is Cc1nn(C)c2nc(C(C)C)cc(C(=O)Nc3cc(C(N)=O)ccc3N3CCCC3)c12. The van der Waals surface area contributed by atoms with Crippen molar-refractivity contribution >= 4 is 34.2 Å². The van der Waals surface area contributed by atoms with Crippen molar-refractivity contribution in [3.63, 3.8) is 0 Å². The van der Waals surface area contributed by atoms with E-state index in [1.165, 1.54) is 0 Å². The molecule has 0 saturated carbocycles. The molecule has 0 aliphatic carbocycles. The lowest BCUT2D eigenvalue weighted by atomic mass is 10.0. The summed E-state index contributed by atoms with van der Waals surface area (Å²) < 4.78 is 1.71. The lowest BCUT2D eigenvalue weighted by molar-refractivity contribution is 0.0996. The number of nitrogens with two attached hydrogens (primary N) is 1. The first-order valence-electron chi connectivity index (χ1n) is 10.6. The molecule has 4 rings (SSSR count). The van der Waals surface area contributed by atoms with E-state index < -0.39 is 5.91 Å². The molecule has 1 fully saturated rings. The largest absolute Gasteiger partial charge is 0.370 e. The Morgan fingerprint density at radius 1 is 1.16 bits per heavy atom. The van der Waals surface area contributed by atoms with Crippen LogP contribution in [0.25, 0.3) is 11.0 Å². The topological polar surface area (TPSA) is 106 Å². The van der Waals surface area contributed by atoms with Gasteiger partial charge in [0.2, 0.25) is 5.91 Å². The molecule has 0 bridgehead atoms. The van der Waals surface area contributed by atoms with E-state index in [1.807, 2.05) is 40.0 Å². The number of carbonyl (C=O) groups excluding carboxylic acids is 2. The summed E-state index contributed by atoms with van der Waals surface area (Å²) in [6, 6.07) is 7.06. The minimum Gasteiger partial charge on any atom is -0.370 e. The predicted molar refractivity (Wildman–Crippen MR) is 122 cm³/mol. The molecule has 0 atom stereocenters. The second-order valence-corrected chi connectivity index (χ2v) is 8.40. The van der Waals surface area contributed by atoms with Crippen LogP contribution >= 0.6 is 0 Å². The molecule has 2 amide bonds. The summed E-state index contributed by atoms with van der Waals surface area (Å²) in [4.78, 5) is 32.2. The van der Waals surface area contributed by atoms with E-state index in [2.05, 4.69) is 15.3 Å². The number of aromatic nitrogens is 3. The van der Waals surface area contributed by atoms with Crippen molar-refractivity contribution in [2.24, 2.45) is 12.8 Å². The lowest BCUT2D eigenvalue weighted by Gasteiger charge is -2.22. The van der Waals surface area contributed by atoms with Crippen LogP contribution in [0.1, 0.15) is 64.7 Å². The van der Waals surface area contributed by atoms with Crippen molar-refractivity contribution in [3.05, 3.63) is 46.8 Å². The van der Waals surface area contributed by atoms with Crippen LogP contribution < -0.4 is 16.0 Å². The Hall–Kier alpha value is -3.42. The van der Waals surface area contributed by atoms with Gasteiger partial charge in [-0.05, 0) is 49.9 Å². The fraction of sp³-hybridized carbons (Fsp3) is 0.391. The summed E-state index contributed by atoms with van der Waals surface area (Å²) in [6.45, 7) is 7.79. The molecule has 31 heavy (non-hydrogen) atoms. The number of amides is 2. The highest BCUT2D eigenvalue weighted by Gasteiger charge is 2.23. The van der Waals surface area contributed by atoms with Gasteiger partial charge in [0.25, 0.3) is 5.91 Å². The van der Waals surface area contributed by atoms with Crippen molar-refractivity contribution in [2.45, 2.75) is 39.5 Å². The highest BCUT2D eigenvalue weighted by Crippen LogP contribution is 2.32. The fourth-order valence-electron chi connectivity index (χ4n) is 4.15. The highest BCUT2D eigenvalue weighted by atomic mass is 16.2. The van der Waals surface area contributed by atoms with E-state index in [0.29, 0.717) is 22.5 Å². The molecule has 2 aromatic heterocycles. The van der Waals surface area contributed by atoms with Crippen molar-refractivity contribution in [2.75, 3.05) is 23.3 Å². The smallest absolute Gasteiger partial charge is 0.256 e. The number of rotatable bonds is 5. The first-order valence-corrected chi connectivity index (χ1v) is 10.6. The van der Waals surface area contributed by atoms with Gasteiger partial charge in [0.05, 0.1) is 28.0 Å². The molecule has 1 aromatic carbocycles. The van der Waals surface area contributed by atoms with Crippen LogP contribution in [-0.4, -0.2) is 39.7 Å². The molecular formula is C23H28N6O2. The zero-order valence-corrected chi connectivity index (χ0v) is 18.4. The Balaban J connectivity index is 1.80. The number of nitrogens with one attached hydrogen (secondary N) is 1. The highest BCUT2D eigenvalue weighted by molar-refractivity contribution is 6.14. The van der Waals surface area contributed by atoms with Gasteiger partial charge >= 0.3 is 0 Å². The van der Waals surface area contributed by atoms with Crippen molar-refractivity contribution in [1.29, 1.82) is 0 Å². The Bertz CT molecular complexity index is 1170. The normalized spacial score (nSPS) is 13.9. The monoisotopic (exact) mass is 420 g/mol. The van der Waals surface area contributed by atoms with Crippen LogP contribution in [0.15, 0.2) is 24.3 Å². The van der Waals surface area contributed by atoms with E-state index in [1.54, 1.807) is 16.8 Å². The Morgan fingerprint density at radius 2 is 1.87 bits per heavy atom. The molecule has 1 aliphatic heterocycles. The van der Waals surface area contributed by atoms with Gasteiger partial charge in [-0.25, -0.2) is 4.98 Å². The number of hydrogen-bond acceptors (Lipinski definition) is 5. The van der Waals surface area contributed by atoms with Gasteiger partial charge in [0.15, 0.2) is 5.65 Å². The molecule has 0 unspecified atom stereocenters.